The molecule has 1 unspecified atom stereocenters. The molecule has 1 fully saturated rings. The molecule has 0 radical (unpaired) electrons. The number of benzene rings is 2. The number of primary amides is 1. The standard InChI is InChI=1S/C19H20N2O3/c20-18(22)17-11-4-5-12-21(17)19(23)14-7-6-10-16(13-14)24-15-8-2-1-3-9-15/h1-3,6-10,13,17H,4-5,11-12H2,(H2,20,22). The third-order valence-electron chi connectivity index (χ3n) is 4.15. The maximum atomic E-state index is 12.8. The van der Waals surface area contributed by atoms with Crippen LogP contribution >= 0.6 is 0 Å². The monoisotopic (exact) mass is 324 g/mol. The minimum absolute atomic E-state index is 0.183. The predicted molar refractivity (Wildman–Crippen MR) is 90.8 cm³/mol. The van der Waals surface area contributed by atoms with Gasteiger partial charge >= 0.3 is 0 Å². The van der Waals surface area contributed by atoms with Gasteiger partial charge in [0.25, 0.3) is 5.91 Å². The van der Waals surface area contributed by atoms with Crippen molar-refractivity contribution in [2.24, 2.45) is 5.73 Å². The fraction of sp³-hybridized carbons (Fsp3) is 0.263. The highest BCUT2D eigenvalue weighted by atomic mass is 16.5. The molecule has 0 aromatic heterocycles. The Balaban J connectivity index is 1.80. The first-order valence-electron chi connectivity index (χ1n) is 8.08. The molecule has 1 saturated heterocycles. The third-order valence-corrected chi connectivity index (χ3v) is 4.15. The Morgan fingerprint density at radius 3 is 2.50 bits per heavy atom. The molecule has 0 aliphatic carbocycles. The highest BCUT2D eigenvalue weighted by Crippen LogP contribution is 2.24. The smallest absolute Gasteiger partial charge is 0.254 e. The van der Waals surface area contributed by atoms with Gasteiger partial charge < -0.3 is 15.4 Å². The topological polar surface area (TPSA) is 72.6 Å². The van der Waals surface area contributed by atoms with Crippen molar-refractivity contribution in [1.82, 2.24) is 4.90 Å². The average Bonchev–Trinajstić information content (AvgIpc) is 2.62. The van der Waals surface area contributed by atoms with E-state index in [-0.39, 0.29) is 5.91 Å². The minimum Gasteiger partial charge on any atom is -0.457 e. The SMILES string of the molecule is NC(=O)C1CCCCN1C(=O)c1cccc(Oc2ccccc2)c1. The van der Waals surface area contributed by atoms with Gasteiger partial charge in [-0.05, 0) is 49.6 Å². The molecule has 2 amide bonds. The summed E-state index contributed by atoms with van der Waals surface area (Å²) in [6.07, 6.45) is 2.42. The number of ether oxygens (including phenoxy) is 1. The molecule has 0 bridgehead atoms. The lowest BCUT2D eigenvalue weighted by molar-refractivity contribution is -0.123. The first-order chi connectivity index (χ1) is 11.6. The number of hydrogen-bond donors (Lipinski definition) is 1. The molecule has 1 atom stereocenters. The van der Waals surface area contributed by atoms with Crippen LogP contribution in [0, 0.1) is 0 Å². The van der Waals surface area contributed by atoms with E-state index in [0.29, 0.717) is 30.0 Å². The zero-order valence-electron chi connectivity index (χ0n) is 13.4. The van der Waals surface area contributed by atoms with Gasteiger partial charge in [0, 0.05) is 12.1 Å². The molecule has 1 heterocycles. The van der Waals surface area contributed by atoms with Crippen molar-refractivity contribution in [3.63, 3.8) is 0 Å². The number of carbonyl (C=O) groups excluding carboxylic acids is 2. The number of carbonyl (C=O) groups is 2. The Morgan fingerprint density at radius 1 is 1.00 bits per heavy atom. The van der Waals surface area contributed by atoms with E-state index in [0.717, 1.165) is 12.8 Å². The Bertz CT molecular complexity index is 730. The van der Waals surface area contributed by atoms with Gasteiger partial charge in [-0.2, -0.15) is 0 Å². The van der Waals surface area contributed by atoms with Gasteiger partial charge in [-0.1, -0.05) is 24.3 Å². The van der Waals surface area contributed by atoms with Gasteiger partial charge in [0.05, 0.1) is 0 Å². The van der Waals surface area contributed by atoms with Crippen LogP contribution in [0.4, 0.5) is 0 Å². The maximum absolute atomic E-state index is 12.8. The van der Waals surface area contributed by atoms with Gasteiger partial charge in [0.2, 0.25) is 5.91 Å². The summed E-state index contributed by atoms with van der Waals surface area (Å²) in [6.45, 7) is 0.552. The molecule has 24 heavy (non-hydrogen) atoms. The van der Waals surface area contributed by atoms with Crippen LogP contribution in [0.25, 0.3) is 0 Å². The Hall–Kier alpha value is -2.82. The van der Waals surface area contributed by atoms with Crippen LogP contribution < -0.4 is 10.5 Å². The largest absolute Gasteiger partial charge is 0.457 e. The average molecular weight is 324 g/mol. The summed E-state index contributed by atoms with van der Waals surface area (Å²) in [4.78, 5) is 26.0. The molecule has 1 aliphatic rings. The first kappa shape index (κ1) is 16.1. The summed E-state index contributed by atoms with van der Waals surface area (Å²) in [5.41, 5.74) is 5.94. The summed E-state index contributed by atoms with van der Waals surface area (Å²) in [6, 6.07) is 15.8. The molecule has 2 aromatic carbocycles. The van der Waals surface area contributed by atoms with Crippen molar-refractivity contribution in [2.45, 2.75) is 25.3 Å². The second-order valence-corrected chi connectivity index (χ2v) is 5.86. The lowest BCUT2D eigenvalue weighted by Gasteiger charge is -2.33. The molecule has 5 nitrogen and oxygen atoms in total. The van der Waals surface area contributed by atoms with E-state index in [1.165, 1.54) is 0 Å². The molecule has 0 spiro atoms. The van der Waals surface area contributed by atoms with E-state index in [2.05, 4.69) is 0 Å². The first-order valence-corrected chi connectivity index (χ1v) is 8.08. The molecule has 2 N–H and O–H groups in total. The van der Waals surface area contributed by atoms with Crippen molar-refractivity contribution in [1.29, 1.82) is 0 Å². The summed E-state index contributed by atoms with van der Waals surface area (Å²) in [5.74, 6) is 0.659. The zero-order chi connectivity index (χ0) is 16.9. The van der Waals surface area contributed by atoms with E-state index in [1.54, 1.807) is 29.2 Å². The number of piperidine rings is 1. The lowest BCUT2D eigenvalue weighted by Crippen LogP contribution is -2.50. The summed E-state index contributed by atoms with van der Waals surface area (Å²) < 4.78 is 5.77. The van der Waals surface area contributed by atoms with Crippen molar-refractivity contribution in [3.05, 3.63) is 60.2 Å². The van der Waals surface area contributed by atoms with E-state index >= 15 is 0 Å². The van der Waals surface area contributed by atoms with E-state index in [1.807, 2.05) is 30.3 Å². The van der Waals surface area contributed by atoms with Crippen LogP contribution in [-0.2, 0) is 4.79 Å². The summed E-state index contributed by atoms with van der Waals surface area (Å²) in [5, 5.41) is 0. The quantitative estimate of drug-likeness (QED) is 0.940. The number of nitrogens with zero attached hydrogens (tertiary/aromatic N) is 1. The lowest BCUT2D eigenvalue weighted by atomic mass is 10.0. The fourth-order valence-electron chi connectivity index (χ4n) is 2.95. The second kappa shape index (κ2) is 7.17. The van der Waals surface area contributed by atoms with Crippen molar-refractivity contribution >= 4 is 11.8 Å². The zero-order valence-corrected chi connectivity index (χ0v) is 13.4. The molecule has 2 aromatic rings. The number of amides is 2. The third kappa shape index (κ3) is 3.56. The molecular formula is C19H20N2O3. The predicted octanol–water partition coefficient (Wildman–Crippen LogP) is 2.96. The normalized spacial score (nSPS) is 17.3. The number of rotatable bonds is 4. The Kier molecular flexibility index (Phi) is 4.79. The van der Waals surface area contributed by atoms with Gasteiger partial charge in [-0.25, -0.2) is 0 Å². The van der Waals surface area contributed by atoms with E-state index < -0.39 is 11.9 Å². The van der Waals surface area contributed by atoms with Crippen molar-refractivity contribution in [2.75, 3.05) is 6.54 Å². The van der Waals surface area contributed by atoms with Crippen LogP contribution in [0.3, 0.4) is 0 Å². The number of para-hydroxylation sites is 1. The summed E-state index contributed by atoms with van der Waals surface area (Å²) >= 11 is 0. The van der Waals surface area contributed by atoms with Crippen molar-refractivity contribution < 1.29 is 14.3 Å². The molecule has 3 rings (SSSR count). The highest BCUT2D eigenvalue weighted by Gasteiger charge is 2.31. The molecule has 5 heteroatoms. The van der Waals surface area contributed by atoms with E-state index in [4.69, 9.17) is 10.5 Å². The molecule has 124 valence electrons. The van der Waals surface area contributed by atoms with Gasteiger partial charge in [-0.15, -0.1) is 0 Å². The number of likely N-dealkylation sites (tertiary alicyclic amines) is 1. The van der Waals surface area contributed by atoms with Crippen LogP contribution in [-0.4, -0.2) is 29.3 Å². The van der Waals surface area contributed by atoms with E-state index in [9.17, 15) is 9.59 Å². The van der Waals surface area contributed by atoms with Crippen LogP contribution in [0.1, 0.15) is 29.6 Å². The summed E-state index contributed by atoms with van der Waals surface area (Å²) in [7, 11) is 0. The number of hydrogen-bond acceptors (Lipinski definition) is 3. The van der Waals surface area contributed by atoms with Crippen LogP contribution in [0.2, 0.25) is 0 Å². The van der Waals surface area contributed by atoms with Crippen LogP contribution in [0.5, 0.6) is 11.5 Å². The maximum Gasteiger partial charge on any atom is 0.254 e. The number of nitrogens with two attached hydrogens (primary N) is 1. The molecule has 1 aliphatic heterocycles. The Morgan fingerprint density at radius 2 is 1.75 bits per heavy atom. The molecule has 0 saturated carbocycles. The van der Waals surface area contributed by atoms with Gasteiger partial charge in [0.1, 0.15) is 17.5 Å². The molecular weight excluding hydrogens is 304 g/mol. The van der Waals surface area contributed by atoms with Gasteiger partial charge in [0.15, 0.2) is 0 Å². The fourth-order valence-corrected chi connectivity index (χ4v) is 2.95. The Labute approximate surface area is 141 Å². The van der Waals surface area contributed by atoms with Gasteiger partial charge in [-0.3, -0.25) is 9.59 Å². The van der Waals surface area contributed by atoms with Crippen molar-refractivity contribution in [3.8, 4) is 11.5 Å². The highest BCUT2D eigenvalue weighted by molar-refractivity contribution is 5.97. The van der Waals surface area contributed by atoms with Crippen LogP contribution in [0.15, 0.2) is 54.6 Å². The minimum atomic E-state index is -0.523. The second-order valence-electron chi connectivity index (χ2n) is 5.86.